The zero-order valence-electron chi connectivity index (χ0n) is 8.59. The average Bonchev–Trinajstić information content (AvgIpc) is 2.23. The first-order valence-corrected chi connectivity index (χ1v) is 5.57. The van der Waals surface area contributed by atoms with Gasteiger partial charge in [0.15, 0.2) is 0 Å². The van der Waals surface area contributed by atoms with Crippen molar-refractivity contribution >= 4 is 22.0 Å². The maximum atomic E-state index is 13.1. The number of primary amides is 1. The van der Waals surface area contributed by atoms with Crippen molar-refractivity contribution in [3.05, 3.63) is 34.1 Å². The zero-order valence-corrected chi connectivity index (χ0v) is 10.2. The molecule has 0 radical (unpaired) electrons. The third-order valence-electron chi connectivity index (χ3n) is 1.95. The van der Waals surface area contributed by atoms with Gasteiger partial charge in [0, 0.05) is 19.6 Å². The molecule has 0 unspecified atom stereocenters. The summed E-state index contributed by atoms with van der Waals surface area (Å²) in [5.41, 5.74) is 5.73. The summed E-state index contributed by atoms with van der Waals surface area (Å²) in [6.45, 7) is 1.55. The van der Waals surface area contributed by atoms with Crippen LogP contribution in [0.3, 0.4) is 0 Å². The third kappa shape index (κ3) is 4.16. The number of carbonyl (C=O) groups excluding carboxylic acids is 1. The molecule has 2 amide bonds. The topological polar surface area (TPSA) is 67.2 Å². The van der Waals surface area contributed by atoms with Crippen LogP contribution in [0.2, 0.25) is 0 Å². The van der Waals surface area contributed by atoms with E-state index in [0.717, 1.165) is 5.56 Å². The smallest absolute Gasteiger partial charge is 0.312 e. The van der Waals surface area contributed by atoms with Crippen molar-refractivity contribution < 1.29 is 9.18 Å². The highest BCUT2D eigenvalue weighted by atomic mass is 79.9. The van der Waals surface area contributed by atoms with Gasteiger partial charge in [-0.15, -0.1) is 0 Å². The fraction of sp³-hybridized carbons (Fsp3) is 0.300. The lowest BCUT2D eigenvalue weighted by molar-refractivity contribution is 0.249. The van der Waals surface area contributed by atoms with Gasteiger partial charge in [0.05, 0.1) is 4.47 Å². The molecule has 0 fully saturated rings. The van der Waals surface area contributed by atoms with Gasteiger partial charge in [0.25, 0.3) is 0 Å². The summed E-state index contributed by atoms with van der Waals surface area (Å²) in [7, 11) is 0. The molecule has 0 aliphatic carbocycles. The molecule has 1 rings (SSSR count). The number of benzene rings is 1. The molecule has 0 atom stereocenters. The van der Waals surface area contributed by atoms with Crippen LogP contribution in [0.5, 0.6) is 0 Å². The van der Waals surface area contributed by atoms with E-state index in [2.05, 4.69) is 26.6 Å². The van der Waals surface area contributed by atoms with Crippen LogP contribution in [-0.2, 0) is 6.54 Å². The van der Waals surface area contributed by atoms with Crippen molar-refractivity contribution in [3.63, 3.8) is 0 Å². The Hall–Kier alpha value is -1.14. The number of hydrogen-bond acceptors (Lipinski definition) is 2. The van der Waals surface area contributed by atoms with Crippen molar-refractivity contribution in [2.75, 3.05) is 13.1 Å². The maximum absolute atomic E-state index is 13.1. The summed E-state index contributed by atoms with van der Waals surface area (Å²) in [5, 5.41) is 5.51. The second-order valence-electron chi connectivity index (χ2n) is 3.18. The molecular weight excluding hydrogens is 277 g/mol. The monoisotopic (exact) mass is 289 g/mol. The minimum atomic E-state index is -0.547. The second-order valence-corrected chi connectivity index (χ2v) is 3.97. The quantitative estimate of drug-likeness (QED) is 0.716. The molecule has 0 aromatic heterocycles. The van der Waals surface area contributed by atoms with Crippen LogP contribution in [0.4, 0.5) is 9.18 Å². The molecule has 1 aromatic carbocycles. The van der Waals surface area contributed by atoms with E-state index in [9.17, 15) is 9.18 Å². The van der Waals surface area contributed by atoms with Gasteiger partial charge in [-0.2, -0.15) is 0 Å². The second kappa shape index (κ2) is 6.44. The molecule has 0 heterocycles. The van der Waals surface area contributed by atoms with Gasteiger partial charge in [-0.3, -0.25) is 0 Å². The Morgan fingerprint density at radius 1 is 1.44 bits per heavy atom. The van der Waals surface area contributed by atoms with E-state index < -0.39 is 6.03 Å². The minimum Gasteiger partial charge on any atom is -0.352 e. The first kappa shape index (κ1) is 12.9. The molecule has 4 N–H and O–H groups in total. The highest BCUT2D eigenvalue weighted by molar-refractivity contribution is 9.10. The molecule has 0 aliphatic rings. The first-order chi connectivity index (χ1) is 7.61. The summed E-state index contributed by atoms with van der Waals surface area (Å²) in [5.74, 6) is -0.283. The zero-order chi connectivity index (χ0) is 12.0. The number of rotatable bonds is 5. The standard InChI is InChI=1S/C10H13BrFN3O/c11-9-7(2-1-3-8(9)12)6-14-4-5-15-10(13)16/h1-3,14H,4-6H2,(H3,13,15,16). The Bertz CT molecular complexity index is 373. The number of amides is 2. The summed E-state index contributed by atoms with van der Waals surface area (Å²) in [4.78, 5) is 10.4. The molecule has 0 saturated carbocycles. The molecule has 0 spiro atoms. The van der Waals surface area contributed by atoms with Gasteiger partial charge in [0.1, 0.15) is 5.82 Å². The van der Waals surface area contributed by atoms with Crippen molar-refractivity contribution in [1.29, 1.82) is 0 Å². The van der Waals surface area contributed by atoms with E-state index in [-0.39, 0.29) is 5.82 Å². The number of halogens is 2. The van der Waals surface area contributed by atoms with E-state index in [1.54, 1.807) is 6.07 Å². The Balaban J connectivity index is 2.32. The molecule has 16 heavy (non-hydrogen) atoms. The molecule has 4 nitrogen and oxygen atoms in total. The lowest BCUT2D eigenvalue weighted by Crippen LogP contribution is -2.35. The van der Waals surface area contributed by atoms with Crippen molar-refractivity contribution in [3.8, 4) is 0 Å². The molecule has 0 bridgehead atoms. The molecule has 1 aromatic rings. The fourth-order valence-corrected chi connectivity index (χ4v) is 1.59. The van der Waals surface area contributed by atoms with Crippen molar-refractivity contribution in [1.82, 2.24) is 10.6 Å². The lowest BCUT2D eigenvalue weighted by atomic mass is 10.2. The summed E-state index contributed by atoms with van der Waals surface area (Å²) in [6, 6.07) is 4.32. The number of urea groups is 1. The van der Waals surface area contributed by atoms with Crippen LogP contribution >= 0.6 is 15.9 Å². The van der Waals surface area contributed by atoms with Crippen molar-refractivity contribution in [2.24, 2.45) is 5.73 Å². The Labute approximate surface area is 102 Å². The van der Waals surface area contributed by atoms with Crippen molar-refractivity contribution in [2.45, 2.75) is 6.54 Å². The number of hydrogen-bond donors (Lipinski definition) is 3. The first-order valence-electron chi connectivity index (χ1n) is 4.78. The number of nitrogens with two attached hydrogens (primary N) is 1. The van der Waals surface area contributed by atoms with Crippen LogP contribution in [0.25, 0.3) is 0 Å². The molecule has 88 valence electrons. The molecule has 0 aliphatic heterocycles. The van der Waals surface area contributed by atoms with Gasteiger partial charge in [-0.25, -0.2) is 9.18 Å². The lowest BCUT2D eigenvalue weighted by Gasteiger charge is -2.07. The van der Waals surface area contributed by atoms with Crippen LogP contribution in [0.1, 0.15) is 5.56 Å². The highest BCUT2D eigenvalue weighted by Crippen LogP contribution is 2.19. The van der Waals surface area contributed by atoms with E-state index in [1.165, 1.54) is 6.07 Å². The molecular formula is C10H13BrFN3O. The number of nitrogens with one attached hydrogen (secondary N) is 2. The Morgan fingerprint density at radius 2 is 2.19 bits per heavy atom. The molecule has 0 saturated heterocycles. The third-order valence-corrected chi connectivity index (χ3v) is 2.84. The van der Waals surface area contributed by atoms with Gasteiger partial charge >= 0.3 is 6.03 Å². The number of carbonyl (C=O) groups is 1. The Kier molecular flexibility index (Phi) is 5.21. The van der Waals surface area contributed by atoms with Gasteiger partial charge in [-0.05, 0) is 27.6 Å². The SMILES string of the molecule is NC(=O)NCCNCc1cccc(F)c1Br. The predicted octanol–water partition coefficient (Wildman–Crippen LogP) is 1.35. The Morgan fingerprint density at radius 3 is 2.88 bits per heavy atom. The highest BCUT2D eigenvalue weighted by Gasteiger charge is 2.03. The van der Waals surface area contributed by atoms with E-state index in [1.807, 2.05) is 6.07 Å². The largest absolute Gasteiger partial charge is 0.352 e. The van der Waals surface area contributed by atoms with Crippen LogP contribution in [0, 0.1) is 5.82 Å². The van der Waals surface area contributed by atoms with E-state index in [4.69, 9.17) is 5.73 Å². The fourth-order valence-electron chi connectivity index (χ4n) is 1.18. The summed E-state index contributed by atoms with van der Waals surface area (Å²) >= 11 is 3.17. The normalized spacial score (nSPS) is 10.1. The van der Waals surface area contributed by atoms with Crippen LogP contribution < -0.4 is 16.4 Å². The van der Waals surface area contributed by atoms with Gasteiger partial charge in [0.2, 0.25) is 0 Å². The van der Waals surface area contributed by atoms with Crippen LogP contribution in [-0.4, -0.2) is 19.1 Å². The van der Waals surface area contributed by atoms with E-state index >= 15 is 0 Å². The minimum absolute atomic E-state index is 0.283. The summed E-state index contributed by atoms with van der Waals surface area (Å²) < 4.78 is 13.6. The average molecular weight is 290 g/mol. The van der Waals surface area contributed by atoms with Gasteiger partial charge in [-0.1, -0.05) is 12.1 Å². The summed E-state index contributed by atoms with van der Waals surface area (Å²) in [6.07, 6.45) is 0. The maximum Gasteiger partial charge on any atom is 0.312 e. The van der Waals surface area contributed by atoms with Gasteiger partial charge < -0.3 is 16.4 Å². The van der Waals surface area contributed by atoms with Crippen LogP contribution in [0.15, 0.2) is 22.7 Å². The van der Waals surface area contributed by atoms with E-state index in [0.29, 0.717) is 24.1 Å². The molecule has 6 heteroatoms. The predicted molar refractivity (Wildman–Crippen MR) is 63.4 cm³/mol.